The van der Waals surface area contributed by atoms with Crippen molar-refractivity contribution in [3.63, 3.8) is 0 Å². The van der Waals surface area contributed by atoms with Crippen molar-refractivity contribution in [2.24, 2.45) is 7.05 Å². The van der Waals surface area contributed by atoms with Gasteiger partial charge in [-0.15, -0.1) is 0 Å². The van der Waals surface area contributed by atoms with Crippen LogP contribution >= 0.6 is 0 Å². The van der Waals surface area contributed by atoms with E-state index < -0.39 is 0 Å². The van der Waals surface area contributed by atoms with Gasteiger partial charge in [0.2, 0.25) is 11.7 Å². The average Bonchev–Trinajstić information content (AvgIpc) is 3.23. The summed E-state index contributed by atoms with van der Waals surface area (Å²) in [6.07, 6.45) is 4.34. The lowest BCUT2D eigenvalue weighted by molar-refractivity contribution is 0.178. The highest BCUT2D eigenvalue weighted by Gasteiger charge is 2.26. The number of aryl methyl sites for hydroxylation is 2. The van der Waals surface area contributed by atoms with E-state index in [1.165, 1.54) is 0 Å². The van der Waals surface area contributed by atoms with Crippen LogP contribution in [-0.2, 0) is 13.6 Å². The van der Waals surface area contributed by atoms with Crippen molar-refractivity contribution in [1.29, 1.82) is 0 Å². The minimum absolute atomic E-state index is 0.295. The molecule has 0 saturated carbocycles. The maximum Gasteiger partial charge on any atom is 0.231 e. The summed E-state index contributed by atoms with van der Waals surface area (Å²) < 4.78 is 7.64. The second-order valence-corrected chi connectivity index (χ2v) is 6.79. The summed E-state index contributed by atoms with van der Waals surface area (Å²) in [4.78, 5) is 11.7. The highest BCUT2D eigenvalue weighted by molar-refractivity contribution is 5.53. The first kappa shape index (κ1) is 16.0. The van der Waals surface area contributed by atoms with Gasteiger partial charge in [0.1, 0.15) is 5.82 Å². The molecule has 6 heteroatoms. The molecule has 4 rings (SSSR count). The van der Waals surface area contributed by atoms with E-state index in [0.717, 1.165) is 55.4 Å². The second-order valence-electron chi connectivity index (χ2n) is 6.79. The summed E-state index contributed by atoms with van der Waals surface area (Å²) in [5.41, 5.74) is 2.12. The number of piperidine rings is 1. The van der Waals surface area contributed by atoms with E-state index in [1.807, 2.05) is 44.3 Å². The molecule has 1 atom stereocenters. The number of likely N-dealkylation sites (tertiary alicyclic amines) is 1. The van der Waals surface area contributed by atoms with Crippen molar-refractivity contribution in [2.75, 3.05) is 13.1 Å². The molecule has 6 nitrogen and oxygen atoms in total. The fourth-order valence-electron chi connectivity index (χ4n) is 3.44. The predicted octanol–water partition coefficient (Wildman–Crippen LogP) is 3.16. The van der Waals surface area contributed by atoms with E-state index in [1.54, 1.807) is 0 Å². The number of hydrogen-bond donors (Lipinski definition) is 0. The summed E-state index contributed by atoms with van der Waals surface area (Å²) >= 11 is 0. The molecule has 0 radical (unpaired) electrons. The number of hydrogen-bond acceptors (Lipinski definition) is 5. The van der Waals surface area contributed by atoms with Gasteiger partial charge in [0.25, 0.3) is 0 Å². The fourth-order valence-corrected chi connectivity index (χ4v) is 3.44. The van der Waals surface area contributed by atoms with Crippen LogP contribution in [0.25, 0.3) is 11.4 Å². The smallest absolute Gasteiger partial charge is 0.231 e. The number of imidazole rings is 1. The molecule has 3 heterocycles. The third-order valence-corrected chi connectivity index (χ3v) is 4.87. The molecule has 1 unspecified atom stereocenters. The number of aromatic nitrogens is 4. The molecule has 25 heavy (non-hydrogen) atoms. The standard InChI is InChI=1S/C19H23N5O/c1-14-20-17(12-23(14)2)13-24-10-6-9-16(11-24)19-21-18(22-25-19)15-7-4-3-5-8-15/h3-5,7-8,12,16H,6,9-11,13H2,1-2H3. The Balaban J connectivity index is 1.45. The van der Waals surface area contributed by atoms with Crippen molar-refractivity contribution in [1.82, 2.24) is 24.6 Å². The zero-order valence-electron chi connectivity index (χ0n) is 14.7. The Labute approximate surface area is 147 Å². The molecule has 1 fully saturated rings. The molecule has 0 spiro atoms. The highest BCUT2D eigenvalue weighted by atomic mass is 16.5. The first-order valence-electron chi connectivity index (χ1n) is 8.79. The van der Waals surface area contributed by atoms with Crippen molar-refractivity contribution >= 4 is 0 Å². The average molecular weight is 337 g/mol. The van der Waals surface area contributed by atoms with E-state index in [4.69, 9.17) is 4.52 Å². The van der Waals surface area contributed by atoms with Gasteiger partial charge < -0.3 is 9.09 Å². The lowest BCUT2D eigenvalue weighted by atomic mass is 9.98. The van der Waals surface area contributed by atoms with Gasteiger partial charge in [-0.1, -0.05) is 35.5 Å². The summed E-state index contributed by atoms with van der Waals surface area (Å²) in [7, 11) is 2.04. The Kier molecular flexibility index (Phi) is 4.36. The SMILES string of the molecule is Cc1nc(CN2CCCC(c3nc(-c4ccccc4)no3)C2)cn1C. The summed E-state index contributed by atoms with van der Waals surface area (Å²) in [6, 6.07) is 9.98. The van der Waals surface area contributed by atoms with E-state index in [9.17, 15) is 0 Å². The molecule has 130 valence electrons. The first-order chi connectivity index (χ1) is 12.2. The number of rotatable bonds is 4. The highest BCUT2D eigenvalue weighted by Crippen LogP contribution is 2.28. The van der Waals surface area contributed by atoms with Gasteiger partial charge in [-0.05, 0) is 26.3 Å². The minimum atomic E-state index is 0.295. The van der Waals surface area contributed by atoms with Crippen LogP contribution in [0.4, 0.5) is 0 Å². The topological polar surface area (TPSA) is 60.0 Å². The maximum atomic E-state index is 5.57. The summed E-state index contributed by atoms with van der Waals surface area (Å²) in [5.74, 6) is 2.77. The number of nitrogens with zero attached hydrogens (tertiary/aromatic N) is 5. The zero-order valence-corrected chi connectivity index (χ0v) is 14.7. The van der Waals surface area contributed by atoms with Gasteiger partial charge in [0.05, 0.1) is 11.6 Å². The quantitative estimate of drug-likeness (QED) is 0.732. The third-order valence-electron chi connectivity index (χ3n) is 4.87. The molecule has 1 aliphatic rings. The molecule has 3 aromatic rings. The van der Waals surface area contributed by atoms with Crippen molar-refractivity contribution < 1.29 is 4.52 Å². The van der Waals surface area contributed by atoms with Crippen LogP contribution in [0.5, 0.6) is 0 Å². The van der Waals surface area contributed by atoms with E-state index in [2.05, 4.69) is 30.8 Å². The Morgan fingerprint density at radius 1 is 1.20 bits per heavy atom. The van der Waals surface area contributed by atoms with Gasteiger partial charge in [-0.2, -0.15) is 4.98 Å². The second kappa shape index (κ2) is 6.80. The first-order valence-corrected chi connectivity index (χ1v) is 8.79. The monoisotopic (exact) mass is 337 g/mol. The Hall–Kier alpha value is -2.47. The largest absolute Gasteiger partial charge is 0.339 e. The van der Waals surface area contributed by atoms with E-state index >= 15 is 0 Å². The van der Waals surface area contributed by atoms with Crippen LogP contribution in [0, 0.1) is 6.92 Å². The normalized spacial score (nSPS) is 18.6. The molecule has 0 bridgehead atoms. The maximum absolute atomic E-state index is 5.57. The van der Waals surface area contributed by atoms with Crippen molar-refractivity contribution in [3.05, 3.63) is 53.9 Å². The van der Waals surface area contributed by atoms with Crippen molar-refractivity contribution in [3.8, 4) is 11.4 Å². The van der Waals surface area contributed by atoms with E-state index in [-0.39, 0.29) is 0 Å². The summed E-state index contributed by atoms with van der Waals surface area (Å²) in [6.45, 7) is 4.93. The van der Waals surface area contributed by atoms with Crippen LogP contribution in [0.2, 0.25) is 0 Å². The Bertz CT molecular complexity index is 819. The molecule has 2 aromatic heterocycles. The zero-order chi connectivity index (χ0) is 17.2. The molecule has 1 aromatic carbocycles. The molecule has 0 N–H and O–H groups in total. The van der Waals surface area contributed by atoms with Crippen LogP contribution in [0.15, 0.2) is 41.1 Å². The van der Waals surface area contributed by atoms with Crippen LogP contribution in [-0.4, -0.2) is 37.7 Å². The molecular weight excluding hydrogens is 314 g/mol. The molecule has 1 aliphatic heterocycles. The van der Waals surface area contributed by atoms with Gasteiger partial charge in [-0.25, -0.2) is 4.98 Å². The van der Waals surface area contributed by atoms with Crippen LogP contribution < -0.4 is 0 Å². The lowest BCUT2D eigenvalue weighted by Gasteiger charge is -2.30. The van der Waals surface area contributed by atoms with Crippen LogP contribution in [0.3, 0.4) is 0 Å². The van der Waals surface area contributed by atoms with Crippen LogP contribution in [0.1, 0.15) is 36.2 Å². The third kappa shape index (κ3) is 3.49. The Morgan fingerprint density at radius 3 is 2.80 bits per heavy atom. The van der Waals surface area contributed by atoms with Crippen molar-refractivity contribution in [2.45, 2.75) is 32.2 Å². The predicted molar refractivity (Wildman–Crippen MR) is 94.9 cm³/mol. The number of benzene rings is 1. The minimum Gasteiger partial charge on any atom is -0.339 e. The Morgan fingerprint density at radius 2 is 2.04 bits per heavy atom. The fraction of sp³-hybridized carbons (Fsp3) is 0.421. The van der Waals surface area contributed by atoms with Gasteiger partial charge >= 0.3 is 0 Å². The summed E-state index contributed by atoms with van der Waals surface area (Å²) in [5, 5.41) is 4.17. The van der Waals surface area contributed by atoms with Gasteiger partial charge in [0, 0.05) is 31.9 Å². The molecule has 1 saturated heterocycles. The van der Waals surface area contributed by atoms with E-state index in [0.29, 0.717) is 11.7 Å². The molecule has 0 aliphatic carbocycles. The van der Waals surface area contributed by atoms with Gasteiger partial charge in [0.15, 0.2) is 0 Å². The van der Waals surface area contributed by atoms with Gasteiger partial charge in [-0.3, -0.25) is 4.90 Å². The molecule has 0 amide bonds. The lowest BCUT2D eigenvalue weighted by Crippen LogP contribution is -2.34. The molecular formula is C19H23N5O.